The maximum Gasteiger partial charge on any atom is 0.472 e. The smallest absolute Gasteiger partial charge is 0.391 e. The van der Waals surface area contributed by atoms with Gasteiger partial charge in [0.15, 0.2) is 0 Å². The van der Waals surface area contributed by atoms with Crippen LogP contribution in [0.5, 0.6) is 0 Å². The van der Waals surface area contributed by atoms with E-state index < -0.39 is 20.0 Å². The van der Waals surface area contributed by atoms with E-state index in [0.29, 0.717) is 23.9 Å². The standard InChI is InChI=1S/C54H105N2O6P/c1-6-8-10-12-14-16-18-20-22-24-26-27-28-30-31-33-35-37-39-41-43-45-47-53(57)52(51-62-63(59,60)61-50-49-56(3,4)5)55-54(58)48-46-44-42-40-38-36-34-32-29-25-23-21-19-17-15-13-11-9-7-2/h15,17,21,23,29,32,52-53,57H,6-14,16,18-20,22,24-28,30-31,33-51H2,1-5H3,(H-,55,58,59,60)/p+1/b17-15-,23-21-,32-29-. The van der Waals surface area contributed by atoms with Crippen LogP contribution >= 0.6 is 7.82 Å². The highest BCUT2D eigenvalue weighted by Crippen LogP contribution is 2.43. The summed E-state index contributed by atoms with van der Waals surface area (Å²) in [5.41, 5.74) is 0. The van der Waals surface area contributed by atoms with Crippen LogP contribution in [0, 0.1) is 0 Å². The van der Waals surface area contributed by atoms with Crippen LogP contribution in [0.25, 0.3) is 0 Å². The van der Waals surface area contributed by atoms with Crippen molar-refractivity contribution < 1.29 is 32.9 Å². The average Bonchev–Trinajstić information content (AvgIpc) is 3.24. The Balaban J connectivity index is 4.25. The van der Waals surface area contributed by atoms with Crippen molar-refractivity contribution in [2.24, 2.45) is 0 Å². The van der Waals surface area contributed by atoms with Crippen molar-refractivity contribution in [3.8, 4) is 0 Å². The zero-order chi connectivity index (χ0) is 46.4. The average molecular weight is 910 g/mol. The van der Waals surface area contributed by atoms with Gasteiger partial charge in [0.1, 0.15) is 13.2 Å². The predicted octanol–water partition coefficient (Wildman–Crippen LogP) is 15.8. The van der Waals surface area contributed by atoms with Crippen LogP contribution in [0.3, 0.4) is 0 Å². The number of rotatable bonds is 49. The van der Waals surface area contributed by atoms with Crippen LogP contribution in [0.1, 0.15) is 251 Å². The van der Waals surface area contributed by atoms with E-state index >= 15 is 0 Å². The van der Waals surface area contributed by atoms with Crippen LogP contribution in [0.2, 0.25) is 0 Å². The Morgan fingerprint density at radius 3 is 1.35 bits per heavy atom. The fourth-order valence-electron chi connectivity index (χ4n) is 7.88. The Bertz CT molecular complexity index is 1120. The summed E-state index contributed by atoms with van der Waals surface area (Å²) in [7, 11) is 1.61. The van der Waals surface area contributed by atoms with Gasteiger partial charge in [0, 0.05) is 6.42 Å². The molecule has 8 nitrogen and oxygen atoms in total. The molecule has 3 unspecified atom stereocenters. The van der Waals surface area contributed by atoms with Crippen LogP contribution < -0.4 is 5.32 Å². The molecule has 63 heavy (non-hydrogen) atoms. The van der Waals surface area contributed by atoms with Crippen molar-refractivity contribution >= 4 is 13.7 Å². The van der Waals surface area contributed by atoms with Crippen LogP contribution in [0.15, 0.2) is 36.5 Å². The Kier molecular flexibility index (Phi) is 44.9. The number of aliphatic hydroxyl groups is 1. The minimum atomic E-state index is -4.32. The van der Waals surface area contributed by atoms with Gasteiger partial charge in [-0.1, -0.05) is 230 Å². The van der Waals surface area contributed by atoms with Gasteiger partial charge >= 0.3 is 7.82 Å². The number of carbonyl (C=O) groups is 1. The van der Waals surface area contributed by atoms with Crippen LogP contribution in [-0.2, 0) is 18.4 Å². The normalized spacial score (nSPS) is 14.3. The first kappa shape index (κ1) is 61.7. The summed E-state index contributed by atoms with van der Waals surface area (Å²) in [5.74, 6) is -0.155. The molecule has 0 aliphatic heterocycles. The number of carbonyl (C=O) groups excluding carboxylic acids is 1. The largest absolute Gasteiger partial charge is 0.472 e. The minimum Gasteiger partial charge on any atom is -0.391 e. The fraction of sp³-hybridized carbons (Fsp3) is 0.870. The van der Waals surface area contributed by atoms with Gasteiger partial charge in [0.05, 0.1) is 39.9 Å². The molecule has 1 amide bonds. The number of nitrogens with one attached hydrogen (secondary N) is 1. The third-order valence-electron chi connectivity index (χ3n) is 12.1. The van der Waals surface area contributed by atoms with Crippen LogP contribution in [-0.4, -0.2) is 73.4 Å². The number of allylic oxidation sites excluding steroid dienone is 6. The third kappa shape index (κ3) is 48.5. The zero-order valence-electron chi connectivity index (χ0n) is 42.3. The first-order valence-corrected chi connectivity index (χ1v) is 28.3. The van der Waals surface area contributed by atoms with E-state index in [1.165, 1.54) is 161 Å². The lowest BCUT2D eigenvalue weighted by Gasteiger charge is -2.26. The highest BCUT2D eigenvalue weighted by Gasteiger charge is 2.28. The van der Waals surface area contributed by atoms with E-state index in [2.05, 4.69) is 55.6 Å². The van der Waals surface area contributed by atoms with Gasteiger partial charge in [0.25, 0.3) is 0 Å². The Labute approximate surface area is 391 Å². The van der Waals surface area contributed by atoms with Gasteiger partial charge in [-0.25, -0.2) is 4.57 Å². The number of hydrogen-bond acceptors (Lipinski definition) is 5. The molecule has 0 saturated carbocycles. The minimum absolute atomic E-state index is 0.0716. The van der Waals surface area contributed by atoms with Crippen molar-refractivity contribution in [1.82, 2.24) is 5.32 Å². The number of hydrogen-bond donors (Lipinski definition) is 3. The first-order chi connectivity index (χ1) is 30.5. The summed E-state index contributed by atoms with van der Waals surface area (Å²) < 4.78 is 23.7. The molecule has 9 heteroatoms. The molecule has 3 N–H and O–H groups in total. The molecule has 0 aromatic rings. The molecule has 0 bridgehead atoms. The van der Waals surface area contributed by atoms with Crippen molar-refractivity contribution in [3.63, 3.8) is 0 Å². The summed E-state index contributed by atoms with van der Waals surface area (Å²) in [4.78, 5) is 23.3. The van der Waals surface area contributed by atoms with E-state index in [4.69, 9.17) is 9.05 Å². The topological polar surface area (TPSA) is 105 Å². The molecule has 0 rings (SSSR count). The molecule has 0 saturated heterocycles. The van der Waals surface area contributed by atoms with Gasteiger partial charge in [-0.2, -0.15) is 0 Å². The van der Waals surface area contributed by atoms with Gasteiger partial charge in [0.2, 0.25) is 5.91 Å². The molecular weight excluding hydrogens is 804 g/mol. The lowest BCUT2D eigenvalue weighted by molar-refractivity contribution is -0.870. The van der Waals surface area contributed by atoms with Crippen molar-refractivity contribution in [2.75, 3.05) is 40.9 Å². The van der Waals surface area contributed by atoms with E-state index in [1.54, 1.807) is 0 Å². The third-order valence-corrected chi connectivity index (χ3v) is 13.1. The first-order valence-electron chi connectivity index (χ1n) is 26.9. The Hall–Kier alpha value is -1.28. The predicted molar refractivity (Wildman–Crippen MR) is 272 cm³/mol. The van der Waals surface area contributed by atoms with Gasteiger partial charge in [-0.05, 0) is 51.4 Å². The molecule has 3 atom stereocenters. The van der Waals surface area contributed by atoms with E-state index in [-0.39, 0.29) is 19.1 Å². The summed E-state index contributed by atoms with van der Waals surface area (Å²) in [6.45, 7) is 4.87. The maximum atomic E-state index is 13.0. The van der Waals surface area contributed by atoms with Crippen molar-refractivity contribution in [3.05, 3.63) is 36.5 Å². The van der Waals surface area contributed by atoms with Crippen LogP contribution in [0.4, 0.5) is 0 Å². The SMILES string of the molecule is CCCCC/C=C\C/C=C\C/C=C\CCCCCCCCC(=O)NC(COP(=O)(O)OCC[N+](C)(C)C)C(O)CCCCCCCCCCCCCCCCCCCCCCCC. The van der Waals surface area contributed by atoms with E-state index in [1.807, 2.05) is 21.1 Å². The van der Waals surface area contributed by atoms with E-state index in [9.17, 15) is 19.4 Å². The molecule has 0 aromatic carbocycles. The number of phosphoric acid groups is 1. The summed E-state index contributed by atoms with van der Waals surface area (Å²) in [6.07, 6.45) is 57.5. The Morgan fingerprint density at radius 1 is 0.540 bits per heavy atom. The Morgan fingerprint density at radius 2 is 0.905 bits per heavy atom. The van der Waals surface area contributed by atoms with Gasteiger partial charge in [-0.3, -0.25) is 13.8 Å². The van der Waals surface area contributed by atoms with E-state index in [0.717, 1.165) is 64.2 Å². The number of likely N-dealkylation sites (N-methyl/N-ethyl adjacent to an activating group) is 1. The number of quaternary nitrogens is 1. The summed E-state index contributed by atoms with van der Waals surface area (Å²) in [6, 6.07) is -0.768. The number of aliphatic hydroxyl groups excluding tert-OH is 1. The molecule has 0 aromatic heterocycles. The van der Waals surface area contributed by atoms with Gasteiger partial charge < -0.3 is 19.8 Å². The lowest BCUT2D eigenvalue weighted by Crippen LogP contribution is -2.46. The molecule has 0 fully saturated rings. The van der Waals surface area contributed by atoms with Crippen molar-refractivity contribution in [2.45, 2.75) is 264 Å². The van der Waals surface area contributed by atoms with Gasteiger partial charge in [-0.15, -0.1) is 0 Å². The lowest BCUT2D eigenvalue weighted by atomic mass is 10.0. The molecule has 372 valence electrons. The summed E-state index contributed by atoms with van der Waals surface area (Å²) >= 11 is 0. The molecule has 0 heterocycles. The number of unbranched alkanes of at least 4 members (excludes halogenated alkanes) is 30. The molecule has 0 spiro atoms. The second-order valence-corrected chi connectivity index (χ2v) is 21.1. The highest BCUT2D eigenvalue weighted by atomic mass is 31.2. The molecule has 0 radical (unpaired) electrons. The quantitative estimate of drug-likeness (QED) is 0.0243. The monoisotopic (exact) mass is 910 g/mol. The summed E-state index contributed by atoms with van der Waals surface area (Å²) in [5, 5.41) is 14.0. The number of phosphoric ester groups is 1. The fourth-order valence-corrected chi connectivity index (χ4v) is 8.61. The second-order valence-electron chi connectivity index (χ2n) is 19.6. The molecule has 0 aliphatic carbocycles. The highest BCUT2D eigenvalue weighted by molar-refractivity contribution is 7.47. The maximum absolute atomic E-state index is 13.0. The molecule has 0 aliphatic rings. The second kappa shape index (κ2) is 45.9. The number of amides is 1. The zero-order valence-corrected chi connectivity index (χ0v) is 43.2. The van der Waals surface area contributed by atoms with Crippen molar-refractivity contribution in [1.29, 1.82) is 0 Å². The molecular formula is C54H106N2O6P+. The number of nitrogens with zero attached hydrogens (tertiary/aromatic N) is 1.